The van der Waals surface area contributed by atoms with Crippen molar-refractivity contribution in [3.05, 3.63) is 56.3 Å². The van der Waals surface area contributed by atoms with Gasteiger partial charge in [0.2, 0.25) is 5.91 Å². The molecule has 0 saturated heterocycles. The molecule has 2 aromatic rings. The van der Waals surface area contributed by atoms with Gasteiger partial charge in [0.05, 0.1) is 0 Å². The van der Waals surface area contributed by atoms with Gasteiger partial charge in [-0.3, -0.25) is 19.1 Å². The van der Waals surface area contributed by atoms with Crippen LogP contribution in [0.1, 0.15) is 0 Å². The van der Waals surface area contributed by atoms with Crippen molar-refractivity contribution in [1.82, 2.24) is 9.55 Å². The maximum atomic E-state index is 11.8. The summed E-state index contributed by atoms with van der Waals surface area (Å²) in [5, 5.41) is 2.43. The Morgan fingerprint density at radius 1 is 1.30 bits per heavy atom. The van der Waals surface area contributed by atoms with Crippen molar-refractivity contribution < 1.29 is 4.79 Å². The Morgan fingerprint density at radius 2 is 1.95 bits per heavy atom. The van der Waals surface area contributed by atoms with E-state index in [1.54, 1.807) is 24.3 Å². The monoisotopic (exact) mass is 294 g/mol. The summed E-state index contributed by atoms with van der Waals surface area (Å²) in [4.78, 5) is 36.3. The second kappa shape index (κ2) is 5.62. The maximum absolute atomic E-state index is 11.8. The molecule has 8 heteroatoms. The largest absolute Gasteiger partial charge is 0.399 e. The molecule has 20 heavy (non-hydrogen) atoms. The van der Waals surface area contributed by atoms with Crippen LogP contribution >= 0.6 is 11.6 Å². The zero-order valence-corrected chi connectivity index (χ0v) is 11.0. The number of rotatable bonds is 3. The van der Waals surface area contributed by atoms with E-state index in [1.807, 2.05) is 4.98 Å². The average molecular weight is 295 g/mol. The Morgan fingerprint density at radius 3 is 2.60 bits per heavy atom. The number of halogens is 1. The van der Waals surface area contributed by atoms with Crippen LogP contribution in [0.5, 0.6) is 0 Å². The van der Waals surface area contributed by atoms with Crippen LogP contribution in [0.2, 0.25) is 5.02 Å². The molecule has 0 aliphatic heterocycles. The molecular weight excluding hydrogens is 284 g/mol. The first-order valence-electron chi connectivity index (χ1n) is 5.60. The molecule has 104 valence electrons. The molecule has 0 aliphatic rings. The number of nitrogens with two attached hydrogens (primary N) is 1. The summed E-state index contributed by atoms with van der Waals surface area (Å²) in [5.41, 5.74) is 5.26. The zero-order chi connectivity index (χ0) is 14.7. The fourth-order valence-corrected chi connectivity index (χ4v) is 1.69. The van der Waals surface area contributed by atoms with Gasteiger partial charge in [-0.2, -0.15) is 0 Å². The number of benzene rings is 1. The minimum absolute atomic E-state index is 0.162. The SMILES string of the molecule is Nc1ccc(NC(=O)Cn2cc(Cl)c(=O)[nH]c2=O)cc1. The van der Waals surface area contributed by atoms with Gasteiger partial charge in [-0.15, -0.1) is 0 Å². The predicted molar refractivity (Wildman–Crippen MR) is 75.8 cm³/mol. The van der Waals surface area contributed by atoms with Crippen molar-refractivity contribution >= 4 is 28.9 Å². The molecule has 0 fully saturated rings. The van der Waals surface area contributed by atoms with Crippen molar-refractivity contribution in [2.24, 2.45) is 0 Å². The lowest BCUT2D eigenvalue weighted by Crippen LogP contribution is -2.33. The van der Waals surface area contributed by atoms with Gasteiger partial charge in [-0.25, -0.2) is 4.79 Å². The normalized spacial score (nSPS) is 10.2. The maximum Gasteiger partial charge on any atom is 0.328 e. The smallest absolute Gasteiger partial charge is 0.328 e. The van der Waals surface area contributed by atoms with Gasteiger partial charge < -0.3 is 11.1 Å². The molecule has 1 amide bonds. The quantitative estimate of drug-likeness (QED) is 0.712. The number of carbonyl (C=O) groups excluding carboxylic acids is 1. The number of nitrogen functional groups attached to an aromatic ring is 1. The molecular formula is C12H11ClN4O3. The van der Waals surface area contributed by atoms with Crippen LogP contribution in [0, 0.1) is 0 Å². The number of aromatic amines is 1. The van der Waals surface area contributed by atoms with Crippen LogP contribution in [0.3, 0.4) is 0 Å². The van der Waals surface area contributed by atoms with E-state index < -0.39 is 17.2 Å². The summed E-state index contributed by atoms with van der Waals surface area (Å²) in [5.74, 6) is -0.431. The van der Waals surface area contributed by atoms with Crippen molar-refractivity contribution in [2.75, 3.05) is 11.1 Å². The average Bonchev–Trinajstić information content (AvgIpc) is 2.39. The molecule has 0 spiro atoms. The van der Waals surface area contributed by atoms with Crippen LogP contribution in [0.15, 0.2) is 40.1 Å². The Hall–Kier alpha value is -2.54. The second-order valence-electron chi connectivity index (χ2n) is 4.03. The van der Waals surface area contributed by atoms with Crippen molar-refractivity contribution in [3.8, 4) is 0 Å². The highest BCUT2D eigenvalue weighted by molar-refractivity contribution is 6.30. The summed E-state index contributed by atoms with van der Waals surface area (Å²) in [6, 6.07) is 6.54. The molecule has 2 rings (SSSR count). The lowest BCUT2D eigenvalue weighted by Gasteiger charge is -2.07. The van der Waals surface area contributed by atoms with Gasteiger partial charge in [-0.05, 0) is 24.3 Å². The van der Waals surface area contributed by atoms with Crippen LogP contribution in [-0.4, -0.2) is 15.5 Å². The number of anilines is 2. The number of nitrogens with zero attached hydrogens (tertiary/aromatic N) is 1. The minimum atomic E-state index is -0.702. The van der Waals surface area contributed by atoms with Crippen molar-refractivity contribution in [1.29, 1.82) is 0 Å². The van der Waals surface area contributed by atoms with Crippen molar-refractivity contribution in [2.45, 2.75) is 6.54 Å². The number of H-pyrrole nitrogens is 1. The van der Waals surface area contributed by atoms with Crippen LogP contribution < -0.4 is 22.3 Å². The van der Waals surface area contributed by atoms with Gasteiger partial charge in [0, 0.05) is 17.6 Å². The third-order valence-corrected chi connectivity index (χ3v) is 2.75. The van der Waals surface area contributed by atoms with E-state index in [1.165, 1.54) is 0 Å². The Labute approximate surface area is 118 Å². The lowest BCUT2D eigenvalue weighted by molar-refractivity contribution is -0.116. The van der Waals surface area contributed by atoms with E-state index in [-0.39, 0.29) is 11.6 Å². The fourth-order valence-electron chi connectivity index (χ4n) is 1.52. The molecule has 1 aromatic carbocycles. The summed E-state index contributed by atoms with van der Waals surface area (Å²) in [6.07, 6.45) is 1.12. The van der Waals surface area contributed by atoms with Crippen LogP contribution in [0.4, 0.5) is 11.4 Å². The Kier molecular flexibility index (Phi) is 3.90. The molecule has 0 saturated carbocycles. The number of hydrogen-bond acceptors (Lipinski definition) is 4. The first-order valence-corrected chi connectivity index (χ1v) is 5.98. The topological polar surface area (TPSA) is 110 Å². The van der Waals surface area contributed by atoms with E-state index >= 15 is 0 Å². The van der Waals surface area contributed by atoms with Crippen LogP contribution in [0.25, 0.3) is 0 Å². The first-order chi connectivity index (χ1) is 9.45. The highest BCUT2D eigenvalue weighted by Gasteiger charge is 2.07. The molecule has 0 aliphatic carbocycles. The molecule has 0 bridgehead atoms. The summed E-state index contributed by atoms with van der Waals surface area (Å²) < 4.78 is 1.01. The predicted octanol–water partition coefficient (Wildman–Crippen LogP) is 0.411. The Bertz CT molecular complexity index is 749. The Balaban J connectivity index is 2.12. The van der Waals surface area contributed by atoms with Gasteiger partial charge in [0.1, 0.15) is 11.6 Å². The van der Waals surface area contributed by atoms with E-state index in [9.17, 15) is 14.4 Å². The summed E-state index contributed by atoms with van der Waals surface area (Å²) in [6.45, 7) is -0.264. The van der Waals surface area contributed by atoms with E-state index in [2.05, 4.69) is 5.32 Å². The third kappa shape index (κ3) is 3.27. The standard InChI is InChI=1S/C12H11ClN4O3/c13-9-5-17(12(20)16-11(9)19)6-10(18)15-8-3-1-7(14)2-4-8/h1-5H,6,14H2,(H,15,18)(H,16,19,20). The molecule has 7 nitrogen and oxygen atoms in total. The number of amides is 1. The number of hydrogen-bond donors (Lipinski definition) is 3. The molecule has 0 radical (unpaired) electrons. The van der Waals surface area contributed by atoms with E-state index in [0.29, 0.717) is 11.4 Å². The molecule has 1 aromatic heterocycles. The highest BCUT2D eigenvalue weighted by Crippen LogP contribution is 2.10. The molecule has 0 atom stereocenters. The fraction of sp³-hybridized carbons (Fsp3) is 0.0833. The van der Waals surface area contributed by atoms with Gasteiger partial charge >= 0.3 is 5.69 Å². The van der Waals surface area contributed by atoms with E-state index in [0.717, 1.165) is 10.8 Å². The molecule has 4 N–H and O–H groups in total. The van der Waals surface area contributed by atoms with Crippen LogP contribution in [-0.2, 0) is 11.3 Å². The molecule has 1 heterocycles. The highest BCUT2D eigenvalue weighted by atomic mass is 35.5. The lowest BCUT2D eigenvalue weighted by atomic mass is 10.3. The summed E-state index contributed by atoms with van der Waals surface area (Å²) >= 11 is 5.60. The number of carbonyl (C=O) groups is 1. The third-order valence-electron chi connectivity index (χ3n) is 2.48. The van der Waals surface area contributed by atoms with Gasteiger partial charge in [0.15, 0.2) is 0 Å². The molecule has 0 unspecified atom stereocenters. The minimum Gasteiger partial charge on any atom is -0.399 e. The van der Waals surface area contributed by atoms with Gasteiger partial charge in [-0.1, -0.05) is 11.6 Å². The summed E-state index contributed by atoms with van der Waals surface area (Å²) in [7, 11) is 0. The van der Waals surface area contributed by atoms with Gasteiger partial charge in [0.25, 0.3) is 5.56 Å². The number of nitrogens with one attached hydrogen (secondary N) is 2. The van der Waals surface area contributed by atoms with Crippen molar-refractivity contribution in [3.63, 3.8) is 0 Å². The first kappa shape index (κ1) is 13.9. The van der Waals surface area contributed by atoms with E-state index in [4.69, 9.17) is 17.3 Å². The number of aromatic nitrogens is 2. The second-order valence-corrected chi connectivity index (χ2v) is 4.44. The zero-order valence-electron chi connectivity index (χ0n) is 10.2.